The van der Waals surface area contributed by atoms with Crippen molar-refractivity contribution in [1.29, 1.82) is 0 Å². The number of carboxylic acid groups (broad SMARTS) is 1. The number of nitrogens with one attached hydrogen (secondary N) is 1. The molecule has 2 aliphatic rings. The van der Waals surface area contributed by atoms with E-state index in [1.165, 1.54) is 22.9 Å². The van der Waals surface area contributed by atoms with Gasteiger partial charge in [-0.15, -0.1) is 0 Å². The zero-order chi connectivity index (χ0) is 34.9. The molecule has 49 heavy (non-hydrogen) atoms. The molecule has 2 atom stereocenters. The Morgan fingerprint density at radius 2 is 1.88 bits per heavy atom. The molecule has 4 N–H and O–H groups in total. The first kappa shape index (κ1) is 33.7. The van der Waals surface area contributed by atoms with E-state index in [1.807, 2.05) is 4.90 Å². The van der Waals surface area contributed by atoms with Crippen LogP contribution in [0.5, 0.6) is 5.88 Å². The summed E-state index contributed by atoms with van der Waals surface area (Å²) in [6.07, 6.45) is -4.06. The van der Waals surface area contributed by atoms with Gasteiger partial charge in [-0.3, -0.25) is 4.79 Å². The molecule has 2 saturated heterocycles. The number of aliphatic carboxylic acids is 1. The highest BCUT2D eigenvalue weighted by Gasteiger charge is 2.46. The monoisotopic (exact) mass is 679 g/mol. The Kier molecular flexibility index (Phi) is 9.20. The number of piperidine rings is 1. The van der Waals surface area contributed by atoms with Crippen LogP contribution in [0.4, 0.5) is 24.9 Å². The molecule has 2 fully saturated rings. The molecule has 258 valence electrons. The van der Waals surface area contributed by atoms with E-state index in [-0.39, 0.29) is 40.7 Å². The molecule has 0 bridgehead atoms. The smallest absolute Gasteiger partial charge is 0.429 e. The number of aryl methyl sites for hydroxylation is 1. The lowest BCUT2D eigenvalue weighted by molar-refractivity contribution is -0.198. The highest BCUT2D eigenvalue weighted by molar-refractivity contribution is 5.97. The van der Waals surface area contributed by atoms with Gasteiger partial charge in [-0.2, -0.15) is 28.2 Å². The lowest BCUT2D eigenvalue weighted by atomic mass is 9.76. The number of hydrogen-bond donors (Lipinski definition) is 3. The zero-order valence-corrected chi connectivity index (χ0v) is 26.9. The SMILES string of the molecule is CCOC(=O)c1ccccc1-c1ccc(-n2ccc(C)n2)c(C(Oc2cc(N3CCC4(CC3)CN[C@H](C(=O)O)C4)nc(N)n2)C(F)(F)F)c1. The van der Waals surface area contributed by atoms with Crippen molar-refractivity contribution >= 4 is 23.7 Å². The number of rotatable bonds is 9. The van der Waals surface area contributed by atoms with E-state index in [4.69, 9.17) is 15.2 Å². The van der Waals surface area contributed by atoms with Gasteiger partial charge < -0.3 is 30.5 Å². The normalized spacial score (nSPS) is 18.0. The van der Waals surface area contributed by atoms with Crippen molar-refractivity contribution in [2.24, 2.45) is 5.41 Å². The second-order valence-corrected chi connectivity index (χ2v) is 12.4. The van der Waals surface area contributed by atoms with Gasteiger partial charge in [0, 0.05) is 37.5 Å². The molecule has 2 aromatic carbocycles. The molecule has 0 amide bonds. The number of nitrogens with zero attached hydrogens (tertiary/aromatic N) is 5. The molecule has 1 unspecified atom stereocenters. The summed E-state index contributed by atoms with van der Waals surface area (Å²) in [5.41, 5.74) is 7.18. The molecule has 0 radical (unpaired) electrons. The van der Waals surface area contributed by atoms with E-state index in [2.05, 4.69) is 20.4 Å². The molecule has 12 nitrogen and oxygen atoms in total. The number of esters is 1. The Hall–Kier alpha value is -5.18. The van der Waals surface area contributed by atoms with Crippen molar-refractivity contribution in [3.63, 3.8) is 0 Å². The van der Waals surface area contributed by atoms with Crippen LogP contribution in [0.2, 0.25) is 0 Å². The van der Waals surface area contributed by atoms with Crippen molar-refractivity contribution in [1.82, 2.24) is 25.1 Å². The van der Waals surface area contributed by atoms with Crippen molar-refractivity contribution in [3.05, 3.63) is 77.6 Å². The molecule has 4 aromatic rings. The molecule has 1 spiro atoms. The quantitative estimate of drug-likeness (QED) is 0.202. The van der Waals surface area contributed by atoms with E-state index in [0.717, 1.165) is 0 Å². The fraction of sp³-hybridized carbons (Fsp3) is 0.382. The summed E-state index contributed by atoms with van der Waals surface area (Å²) in [5, 5.41) is 16.8. The van der Waals surface area contributed by atoms with Gasteiger partial charge >= 0.3 is 18.1 Å². The lowest BCUT2D eigenvalue weighted by Crippen LogP contribution is -2.41. The standard InChI is InChI=1S/C34H36F3N7O5/c1-3-48-31(47)23-7-5-4-6-22(23)21-8-9-26(44-13-10-20(2)42-44)24(16-21)29(34(35,36)37)49-28-17-27(40-32(38)41-28)43-14-11-33(12-15-43)18-25(30(45)46)39-19-33/h4-10,13,16-17,25,29,39H,3,11-12,14-15,18-19H2,1-2H3,(H,45,46)(H2,38,40,41)/t25-,29?/m0/s1. The molecule has 2 aromatic heterocycles. The fourth-order valence-electron chi connectivity index (χ4n) is 6.57. The molecular formula is C34H36F3N7O5. The van der Waals surface area contributed by atoms with E-state index < -0.39 is 30.3 Å². The first-order valence-electron chi connectivity index (χ1n) is 15.9. The summed E-state index contributed by atoms with van der Waals surface area (Å²) >= 11 is 0. The van der Waals surface area contributed by atoms with E-state index in [1.54, 1.807) is 56.4 Å². The van der Waals surface area contributed by atoms with Crippen LogP contribution >= 0.6 is 0 Å². The number of alkyl halides is 3. The number of benzene rings is 2. The summed E-state index contributed by atoms with van der Waals surface area (Å²) in [4.78, 5) is 34.4. The number of nitrogens with two attached hydrogens (primary N) is 1. The first-order chi connectivity index (χ1) is 23.4. The number of carbonyl (C=O) groups is 2. The maximum Gasteiger partial charge on any atom is 0.429 e. The van der Waals surface area contributed by atoms with E-state index >= 15 is 13.2 Å². The Morgan fingerprint density at radius 1 is 1.12 bits per heavy atom. The van der Waals surface area contributed by atoms with E-state index in [9.17, 15) is 14.7 Å². The van der Waals surface area contributed by atoms with Gasteiger partial charge in [-0.25, -0.2) is 9.48 Å². The maximum absolute atomic E-state index is 15.1. The van der Waals surface area contributed by atoms with Crippen LogP contribution in [0.3, 0.4) is 0 Å². The van der Waals surface area contributed by atoms with Gasteiger partial charge in [0.15, 0.2) is 0 Å². The van der Waals surface area contributed by atoms with Crippen LogP contribution in [0.15, 0.2) is 60.8 Å². The molecule has 15 heteroatoms. The van der Waals surface area contributed by atoms with E-state index in [0.29, 0.717) is 61.5 Å². The Bertz CT molecular complexity index is 1860. The minimum atomic E-state index is -4.93. The van der Waals surface area contributed by atoms with Crippen LogP contribution in [-0.2, 0) is 9.53 Å². The highest BCUT2D eigenvalue weighted by Crippen LogP contribution is 2.43. The van der Waals surface area contributed by atoms with Crippen LogP contribution in [0, 0.1) is 12.3 Å². The summed E-state index contributed by atoms with van der Waals surface area (Å²) in [6.45, 7) is 5.09. The largest absolute Gasteiger partial charge is 0.480 e. The van der Waals surface area contributed by atoms with Gasteiger partial charge in [-0.1, -0.05) is 24.3 Å². The maximum atomic E-state index is 15.1. The highest BCUT2D eigenvalue weighted by atomic mass is 19.4. The van der Waals surface area contributed by atoms with Crippen molar-refractivity contribution in [2.45, 2.75) is 51.4 Å². The van der Waals surface area contributed by atoms with Crippen molar-refractivity contribution in [3.8, 4) is 22.7 Å². The van der Waals surface area contributed by atoms with Crippen molar-refractivity contribution < 1.29 is 37.3 Å². The Balaban J connectivity index is 1.35. The number of nitrogen functional groups attached to an aromatic ring is 1. The third-order valence-corrected chi connectivity index (χ3v) is 9.06. The average molecular weight is 680 g/mol. The summed E-state index contributed by atoms with van der Waals surface area (Å²) < 4.78 is 57.5. The molecule has 0 saturated carbocycles. The second kappa shape index (κ2) is 13.4. The van der Waals surface area contributed by atoms with Gasteiger partial charge in [-0.05, 0) is 73.9 Å². The predicted molar refractivity (Wildman–Crippen MR) is 173 cm³/mol. The molecular weight excluding hydrogens is 643 g/mol. The summed E-state index contributed by atoms with van der Waals surface area (Å²) in [6, 6.07) is 13.4. The predicted octanol–water partition coefficient (Wildman–Crippen LogP) is 5.11. The number of hydrogen-bond acceptors (Lipinski definition) is 10. The second-order valence-electron chi connectivity index (χ2n) is 12.4. The molecule has 2 aliphatic heterocycles. The molecule has 4 heterocycles. The number of carbonyl (C=O) groups excluding carboxylic acids is 1. The van der Waals surface area contributed by atoms with Gasteiger partial charge in [0.1, 0.15) is 11.9 Å². The minimum absolute atomic E-state index is 0.112. The van der Waals surface area contributed by atoms with Crippen LogP contribution in [0.25, 0.3) is 16.8 Å². The summed E-state index contributed by atoms with van der Waals surface area (Å²) in [7, 11) is 0. The first-order valence-corrected chi connectivity index (χ1v) is 15.9. The number of halogens is 3. The lowest BCUT2D eigenvalue weighted by Gasteiger charge is -2.39. The fourth-order valence-corrected chi connectivity index (χ4v) is 6.57. The third-order valence-electron chi connectivity index (χ3n) is 9.06. The third kappa shape index (κ3) is 7.16. The Morgan fingerprint density at radius 3 is 2.53 bits per heavy atom. The number of anilines is 2. The van der Waals surface area contributed by atoms with Gasteiger partial charge in [0.25, 0.3) is 0 Å². The van der Waals surface area contributed by atoms with Gasteiger partial charge in [0.05, 0.1) is 23.6 Å². The Labute approximate surface area is 280 Å². The summed E-state index contributed by atoms with van der Waals surface area (Å²) in [5.74, 6) is -1.82. The number of ether oxygens (including phenoxy) is 2. The number of aromatic nitrogens is 4. The number of carboxylic acids is 1. The topological polar surface area (TPSA) is 158 Å². The van der Waals surface area contributed by atoms with Crippen LogP contribution < -0.4 is 20.7 Å². The van der Waals surface area contributed by atoms with Crippen LogP contribution in [0.1, 0.15) is 53.9 Å². The van der Waals surface area contributed by atoms with Gasteiger partial charge in [0.2, 0.25) is 17.9 Å². The minimum Gasteiger partial charge on any atom is -0.480 e. The molecule has 6 rings (SSSR count). The molecule has 0 aliphatic carbocycles. The van der Waals surface area contributed by atoms with Crippen LogP contribution in [-0.4, -0.2) is 75.3 Å². The van der Waals surface area contributed by atoms with Crippen molar-refractivity contribution in [2.75, 3.05) is 36.9 Å². The zero-order valence-electron chi connectivity index (χ0n) is 26.9. The average Bonchev–Trinajstić information content (AvgIpc) is 3.69.